The zero-order chi connectivity index (χ0) is 18.1. The van der Waals surface area contributed by atoms with E-state index in [-0.39, 0.29) is 10.8 Å². The fraction of sp³-hybridized carbons (Fsp3) is 0.312. The molecule has 1 N–H and O–H groups in total. The Morgan fingerprint density at radius 1 is 1.29 bits per heavy atom. The SMILES string of the molecule is CNS(=O)(=O)c1cc(C(=O)N(C)Cc2ccc(Cl)s2)cc(C)c1C. The Morgan fingerprint density at radius 3 is 2.50 bits per heavy atom. The summed E-state index contributed by atoms with van der Waals surface area (Å²) in [6.45, 7) is 3.93. The molecule has 0 aliphatic carbocycles. The van der Waals surface area contributed by atoms with E-state index in [1.807, 2.05) is 6.07 Å². The topological polar surface area (TPSA) is 66.5 Å². The average Bonchev–Trinajstić information content (AvgIpc) is 2.93. The molecule has 0 radical (unpaired) electrons. The number of thiophene rings is 1. The molecule has 0 saturated carbocycles. The van der Waals surface area contributed by atoms with E-state index >= 15 is 0 Å². The molecule has 1 heterocycles. The van der Waals surface area contributed by atoms with E-state index in [4.69, 9.17) is 11.6 Å². The number of halogens is 1. The summed E-state index contributed by atoms with van der Waals surface area (Å²) in [7, 11) is -0.594. The Morgan fingerprint density at radius 2 is 1.96 bits per heavy atom. The molecule has 0 bridgehead atoms. The van der Waals surface area contributed by atoms with Crippen molar-refractivity contribution in [1.29, 1.82) is 0 Å². The van der Waals surface area contributed by atoms with E-state index in [1.54, 1.807) is 37.9 Å². The lowest BCUT2D eigenvalue weighted by atomic mass is 10.1. The number of benzene rings is 1. The number of sulfonamides is 1. The molecule has 0 saturated heterocycles. The number of amides is 1. The van der Waals surface area contributed by atoms with Crippen molar-refractivity contribution in [3.05, 3.63) is 50.2 Å². The molecule has 24 heavy (non-hydrogen) atoms. The van der Waals surface area contributed by atoms with Crippen molar-refractivity contribution in [1.82, 2.24) is 9.62 Å². The summed E-state index contributed by atoms with van der Waals surface area (Å²) in [6, 6.07) is 6.79. The number of nitrogens with zero attached hydrogens (tertiary/aromatic N) is 1. The summed E-state index contributed by atoms with van der Waals surface area (Å²) in [5, 5.41) is 0. The fourth-order valence-electron chi connectivity index (χ4n) is 2.30. The third-order valence-corrected chi connectivity index (χ3v) is 6.55. The van der Waals surface area contributed by atoms with E-state index in [0.29, 0.717) is 22.0 Å². The Kier molecular flexibility index (Phi) is 5.70. The highest BCUT2D eigenvalue weighted by Gasteiger charge is 2.21. The normalized spacial score (nSPS) is 11.5. The summed E-state index contributed by atoms with van der Waals surface area (Å²) >= 11 is 7.32. The molecule has 0 spiro atoms. The lowest BCUT2D eigenvalue weighted by Gasteiger charge is -2.18. The molecule has 2 aromatic rings. The van der Waals surface area contributed by atoms with Gasteiger partial charge in [0.25, 0.3) is 5.91 Å². The quantitative estimate of drug-likeness (QED) is 0.858. The van der Waals surface area contributed by atoms with Crippen LogP contribution in [0.15, 0.2) is 29.2 Å². The molecule has 130 valence electrons. The maximum Gasteiger partial charge on any atom is 0.253 e. The Bertz CT molecular complexity index is 875. The zero-order valence-electron chi connectivity index (χ0n) is 13.9. The molecule has 0 fully saturated rings. The van der Waals surface area contributed by atoms with E-state index < -0.39 is 10.0 Å². The van der Waals surface area contributed by atoms with Crippen LogP contribution in [0.3, 0.4) is 0 Å². The molecule has 0 atom stereocenters. The van der Waals surface area contributed by atoms with Crippen LogP contribution >= 0.6 is 22.9 Å². The lowest BCUT2D eigenvalue weighted by Crippen LogP contribution is -2.27. The van der Waals surface area contributed by atoms with Gasteiger partial charge in [-0.3, -0.25) is 4.79 Å². The molecule has 2 rings (SSSR count). The van der Waals surface area contributed by atoms with Gasteiger partial charge in [-0.05, 0) is 56.3 Å². The van der Waals surface area contributed by atoms with Gasteiger partial charge >= 0.3 is 0 Å². The average molecular weight is 387 g/mol. The second-order valence-corrected chi connectivity index (χ2v) is 9.15. The number of rotatable bonds is 5. The van der Waals surface area contributed by atoms with Crippen molar-refractivity contribution in [2.24, 2.45) is 0 Å². The van der Waals surface area contributed by atoms with Crippen molar-refractivity contribution >= 4 is 38.9 Å². The maximum atomic E-state index is 12.7. The van der Waals surface area contributed by atoms with Gasteiger partial charge in [0.05, 0.1) is 15.8 Å². The highest BCUT2D eigenvalue weighted by atomic mass is 35.5. The monoisotopic (exact) mass is 386 g/mol. The summed E-state index contributed by atoms with van der Waals surface area (Å²) in [6.07, 6.45) is 0. The van der Waals surface area contributed by atoms with Crippen molar-refractivity contribution in [3.8, 4) is 0 Å². The number of nitrogens with one attached hydrogen (secondary N) is 1. The van der Waals surface area contributed by atoms with Crippen LogP contribution in [-0.2, 0) is 16.6 Å². The summed E-state index contributed by atoms with van der Waals surface area (Å²) in [4.78, 5) is 15.3. The largest absolute Gasteiger partial charge is 0.337 e. The molecule has 0 aliphatic heterocycles. The summed E-state index contributed by atoms with van der Waals surface area (Å²) < 4.78 is 27.3. The van der Waals surface area contributed by atoms with Crippen LogP contribution in [0.2, 0.25) is 4.34 Å². The van der Waals surface area contributed by atoms with Crippen LogP contribution < -0.4 is 4.72 Å². The van der Waals surface area contributed by atoms with Crippen molar-refractivity contribution in [2.75, 3.05) is 14.1 Å². The van der Waals surface area contributed by atoms with Crippen molar-refractivity contribution < 1.29 is 13.2 Å². The smallest absolute Gasteiger partial charge is 0.253 e. The maximum absolute atomic E-state index is 12.7. The van der Waals surface area contributed by atoms with E-state index in [1.165, 1.54) is 24.5 Å². The highest BCUT2D eigenvalue weighted by molar-refractivity contribution is 7.89. The minimum atomic E-state index is -3.62. The van der Waals surface area contributed by atoms with Gasteiger partial charge in [-0.2, -0.15) is 0 Å². The number of carbonyl (C=O) groups excluding carboxylic acids is 1. The third-order valence-electron chi connectivity index (χ3n) is 3.79. The van der Waals surface area contributed by atoms with E-state index in [2.05, 4.69) is 4.72 Å². The van der Waals surface area contributed by atoms with Gasteiger partial charge in [0, 0.05) is 17.5 Å². The fourth-order valence-corrected chi connectivity index (χ4v) is 4.51. The van der Waals surface area contributed by atoms with Crippen LogP contribution in [-0.4, -0.2) is 33.3 Å². The van der Waals surface area contributed by atoms with Crippen molar-refractivity contribution in [2.45, 2.75) is 25.3 Å². The Labute approximate surface area is 151 Å². The van der Waals surface area contributed by atoms with Crippen LogP contribution in [0.5, 0.6) is 0 Å². The van der Waals surface area contributed by atoms with Gasteiger partial charge in [0.1, 0.15) is 0 Å². The highest BCUT2D eigenvalue weighted by Crippen LogP contribution is 2.24. The molecule has 1 amide bonds. The third kappa shape index (κ3) is 3.97. The molecular formula is C16H19ClN2O3S2. The van der Waals surface area contributed by atoms with Crippen LogP contribution in [0, 0.1) is 13.8 Å². The Hall–Kier alpha value is -1.41. The van der Waals surface area contributed by atoms with Gasteiger partial charge in [-0.25, -0.2) is 13.1 Å². The number of hydrogen-bond acceptors (Lipinski definition) is 4. The first-order chi connectivity index (χ1) is 11.2. The minimum absolute atomic E-state index is 0.126. The predicted molar refractivity (Wildman–Crippen MR) is 97.3 cm³/mol. The van der Waals surface area contributed by atoms with Gasteiger partial charge in [-0.1, -0.05) is 11.6 Å². The van der Waals surface area contributed by atoms with Gasteiger partial charge in [0.2, 0.25) is 10.0 Å². The molecule has 1 aromatic heterocycles. The predicted octanol–water partition coefficient (Wildman–Crippen LogP) is 3.20. The van der Waals surface area contributed by atoms with Crippen LogP contribution in [0.4, 0.5) is 0 Å². The molecule has 1 aromatic carbocycles. The van der Waals surface area contributed by atoms with Gasteiger partial charge < -0.3 is 4.90 Å². The number of aryl methyl sites for hydroxylation is 1. The lowest BCUT2D eigenvalue weighted by molar-refractivity contribution is 0.0786. The van der Waals surface area contributed by atoms with Gasteiger partial charge in [-0.15, -0.1) is 11.3 Å². The molecule has 5 nitrogen and oxygen atoms in total. The number of carbonyl (C=O) groups is 1. The van der Waals surface area contributed by atoms with E-state index in [9.17, 15) is 13.2 Å². The summed E-state index contributed by atoms with van der Waals surface area (Å²) in [5.41, 5.74) is 1.73. The second kappa shape index (κ2) is 7.23. The first kappa shape index (κ1) is 18.9. The summed E-state index contributed by atoms with van der Waals surface area (Å²) in [5.74, 6) is -0.241. The van der Waals surface area contributed by atoms with Gasteiger partial charge in [0.15, 0.2) is 0 Å². The first-order valence-corrected chi connectivity index (χ1v) is 9.88. The zero-order valence-corrected chi connectivity index (χ0v) is 16.3. The molecular weight excluding hydrogens is 368 g/mol. The first-order valence-electron chi connectivity index (χ1n) is 7.20. The standard InChI is InChI=1S/C16H19ClN2O3S2/c1-10-7-12(8-14(11(10)2)24(21,22)18-3)16(20)19(4)9-13-5-6-15(17)23-13/h5-8,18H,9H2,1-4H3. The molecule has 8 heteroatoms. The number of hydrogen-bond donors (Lipinski definition) is 1. The van der Waals surface area contributed by atoms with Crippen molar-refractivity contribution in [3.63, 3.8) is 0 Å². The van der Waals surface area contributed by atoms with Crippen LogP contribution in [0.25, 0.3) is 0 Å². The molecule has 0 unspecified atom stereocenters. The minimum Gasteiger partial charge on any atom is -0.337 e. The van der Waals surface area contributed by atoms with Crippen LogP contribution in [0.1, 0.15) is 26.4 Å². The molecule has 0 aliphatic rings. The Balaban J connectivity index is 2.35. The second-order valence-electron chi connectivity index (χ2n) is 5.49. The van der Waals surface area contributed by atoms with E-state index in [0.717, 1.165) is 10.4 Å².